The van der Waals surface area contributed by atoms with Crippen LogP contribution < -0.4 is 5.73 Å². The number of aliphatic hydroxyl groups is 3. The lowest BCUT2D eigenvalue weighted by molar-refractivity contribution is -0.202. The van der Waals surface area contributed by atoms with Crippen LogP contribution in [-0.2, 0) is 20.9 Å². The molecule has 2 aliphatic carbocycles. The van der Waals surface area contributed by atoms with E-state index in [1.54, 1.807) is 12.1 Å². The fourth-order valence-corrected chi connectivity index (χ4v) is 7.56. The zero-order valence-electron chi connectivity index (χ0n) is 25.7. The maximum absolute atomic E-state index is 13.6. The first-order valence-corrected chi connectivity index (χ1v) is 15.1. The molecule has 6 atom stereocenters. The number of hydrogen-bond donors (Lipinski definition) is 7. The van der Waals surface area contributed by atoms with Gasteiger partial charge in [0.25, 0.3) is 0 Å². The van der Waals surface area contributed by atoms with Gasteiger partial charge in [-0.2, -0.15) is 0 Å². The van der Waals surface area contributed by atoms with E-state index in [1.165, 1.54) is 25.1 Å². The van der Waals surface area contributed by atoms with Gasteiger partial charge in [0.2, 0.25) is 5.91 Å². The summed E-state index contributed by atoms with van der Waals surface area (Å²) in [6.45, 7) is 4.42. The predicted molar refractivity (Wildman–Crippen MR) is 166 cm³/mol. The lowest BCUT2D eigenvalue weighted by atomic mass is 9.56. The molecule has 2 fully saturated rings. The van der Waals surface area contributed by atoms with E-state index in [1.807, 2.05) is 18.2 Å². The molecule has 0 aromatic heterocycles. The molecule has 1 aliphatic heterocycles. The van der Waals surface area contributed by atoms with Crippen molar-refractivity contribution in [3.05, 3.63) is 53.1 Å². The van der Waals surface area contributed by atoms with Gasteiger partial charge in [-0.05, 0) is 50.5 Å². The van der Waals surface area contributed by atoms with Crippen molar-refractivity contribution in [2.75, 3.05) is 47.3 Å². The SMILES string of the molecule is CN1CCN(Cc2cccc(-c3ccc4c(O)c5c(c(O)c4c3O)C(O)[C@]3(O)C(=O)C(C(N)=O)C(=O)[C@@H](N(C)C)[C@@H]3[C@H]5O)c2)CC1. The highest BCUT2D eigenvalue weighted by Gasteiger charge is 2.69. The number of nitrogens with two attached hydrogens (primary N) is 1. The van der Waals surface area contributed by atoms with Crippen molar-refractivity contribution in [3.8, 4) is 28.4 Å². The number of likely N-dealkylation sites (N-methyl/N-ethyl adjacent to an activating group) is 2. The van der Waals surface area contributed by atoms with Gasteiger partial charge in [0, 0.05) is 54.8 Å². The van der Waals surface area contributed by atoms with Crippen molar-refractivity contribution in [3.63, 3.8) is 0 Å². The highest BCUT2D eigenvalue weighted by atomic mass is 16.4. The Kier molecular flexibility index (Phi) is 7.82. The Morgan fingerprint density at radius 2 is 1.65 bits per heavy atom. The molecule has 0 spiro atoms. The summed E-state index contributed by atoms with van der Waals surface area (Å²) in [4.78, 5) is 44.9. The van der Waals surface area contributed by atoms with E-state index in [9.17, 15) is 45.0 Å². The zero-order chi connectivity index (χ0) is 33.4. The number of rotatable bonds is 5. The number of benzene rings is 3. The molecule has 6 rings (SSSR count). The first-order chi connectivity index (χ1) is 21.7. The van der Waals surface area contributed by atoms with E-state index in [2.05, 4.69) is 16.8 Å². The number of aliphatic hydroxyl groups excluding tert-OH is 2. The van der Waals surface area contributed by atoms with Crippen LogP contribution in [0.2, 0.25) is 0 Å². The van der Waals surface area contributed by atoms with Crippen molar-refractivity contribution in [2.45, 2.75) is 30.4 Å². The van der Waals surface area contributed by atoms with E-state index >= 15 is 0 Å². The quantitative estimate of drug-likeness (QED) is 0.146. The minimum atomic E-state index is -2.97. The average Bonchev–Trinajstić information content (AvgIpc) is 3.00. The molecular formula is C33H38N4O9. The third-order valence-corrected chi connectivity index (χ3v) is 9.96. The maximum atomic E-state index is 13.6. The van der Waals surface area contributed by atoms with Crippen LogP contribution in [-0.4, -0.2) is 122 Å². The maximum Gasteiger partial charge on any atom is 0.235 e. The molecule has 3 aromatic rings. The fraction of sp³-hybridized carbons (Fsp3) is 0.424. The number of nitrogens with zero attached hydrogens (tertiary/aromatic N) is 3. The molecule has 13 nitrogen and oxygen atoms in total. The monoisotopic (exact) mass is 634 g/mol. The molecule has 8 N–H and O–H groups in total. The van der Waals surface area contributed by atoms with Crippen LogP contribution >= 0.6 is 0 Å². The first kappa shape index (κ1) is 31.9. The first-order valence-electron chi connectivity index (χ1n) is 15.1. The van der Waals surface area contributed by atoms with Crippen molar-refractivity contribution in [1.29, 1.82) is 0 Å². The van der Waals surface area contributed by atoms with Gasteiger partial charge in [0.1, 0.15) is 23.4 Å². The molecule has 0 bridgehead atoms. The second-order valence-corrected chi connectivity index (χ2v) is 12.9. The molecule has 3 aromatic carbocycles. The standard InChI is InChI=1S/C33H38N4O9/c1-35(2)24-23-28(41)20-21(30(43)33(23,46)31(44)22(29(24)42)32(34)45)27(40)19-18(26(20)39)8-7-17(25(19)38)16-6-4-5-15(13-16)14-37-11-9-36(3)10-12-37/h4-8,13,22-24,28,30,38-41,43,46H,9-12,14H2,1-3H3,(H2,34,45)/t22?,23-,24+,28+,30?,33+/m1/s1. The predicted octanol–water partition coefficient (Wildman–Crippen LogP) is -0.0178. The van der Waals surface area contributed by atoms with Gasteiger partial charge in [0.05, 0.1) is 23.4 Å². The number of carbonyl (C=O) groups is 3. The normalized spacial score (nSPS) is 28.8. The summed E-state index contributed by atoms with van der Waals surface area (Å²) in [5, 5.41) is 69.3. The van der Waals surface area contributed by atoms with Gasteiger partial charge in [-0.3, -0.25) is 24.2 Å². The lowest BCUT2D eigenvalue weighted by Crippen LogP contribution is -2.71. The Morgan fingerprint density at radius 3 is 2.28 bits per heavy atom. The van der Waals surface area contributed by atoms with Crippen LogP contribution in [0.1, 0.15) is 28.9 Å². The van der Waals surface area contributed by atoms with E-state index in [0.29, 0.717) is 17.7 Å². The summed E-state index contributed by atoms with van der Waals surface area (Å²) in [5.41, 5.74) is 3.27. The minimum Gasteiger partial charge on any atom is -0.507 e. The minimum absolute atomic E-state index is 0.0762. The van der Waals surface area contributed by atoms with Crippen LogP contribution in [0, 0.1) is 11.8 Å². The van der Waals surface area contributed by atoms with E-state index in [-0.39, 0.29) is 10.8 Å². The second kappa shape index (κ2) is 11.3. The summed E-state index contributed by atoms with van der Waals surface area (Å²) in [6.07, 6.45) is -4.30. The Bertz CT molecular complexity index is 1770. The summed E-state index contributed by atoms with van der Waals surface area (Å²) in [7, 11) is 4.92. The van der Waals surface area contributed by atoms with Crippen molar-refractivity contribution in [2.24, 2.45) is 17.6 Å². The average molecular weight is 635 g/mol. The van der Waals surface area contributed by atoms with Gasteiger partial charge >= 0.3 is 0 Å². The second-order valence-electron chi connectivity index (χ2n) is 12.9. The third kappa shape index (κ3) is 4.57. The van der Waals surface area contributed by atoms with Crippen molar-refractivity contribution < 1.29 is 45.0 Å². The molecule has 0 radical (unpaired) electrons. The fourth-order valence-electron chi connectivity index (χ4n) is 7.56. The molecule has 1 saturated heterocycles. The largest absolute Gasteiger partial charge is 0.507 e. The number of phenols is 3. The number of hydrogen-bond acceptors (Lipinski definition) is 12. The van der Waals surface area contributed by atoms with E-state index in [0.717, 1.165) is 31.7 Å². The van der Waals surface area contributed by atoms with Crippen molar-refractivity contribution in [1.82, 2.24) is 14.7 Å². The van der Waals surface area contributed by atoms with Crippen LogP contribution in [0.15, 0.2) is 36.4 Å². The topological polar surface area (TPSA) is 208 Å². The summed E-state index contributed by atoms with van der Waals surface area (Å²) in [5.74, 6) is -9.51. The number of ketones is 2. The molecule has 1 saturated carbocycles. The molecular weight excluding hydrogens is 596 g/mol. The van der Waals surface area contributed by atoms with Gasteiger partial charge in [-0.1, -0.05) is 18.2 Å². The molecule has 46 heavy (non-hydrogen) atoms. The van der Waals surface area contributed by atoms with Gasteiger partial charge < -0.3 is 41.3 Å². The number of amides is 1. The van der Waals surface area contributed by atoms with E-state index < -0.39 is 81.5 Å². The summed E-state index contributed by atoms with van der Waals surface area (Å²) < 4.78 is 0. The Labute approximate surface area is 264 Å². The molecule has 1 heterocycles. The summed E-state index contributed by atoms with van der Waals surface area (Å²) >= 11 is 0. The number of primary amides is 1. The van der Waals surface area contributed by atoms with Gasteiger partial charge in [-0.25, -0.2) is 0 Å². The third-order valence-electron chi connectivity index (χ3n) is 9.96. The highest BCUT2D eigenvalue weighted by molar-refractivity contribution is 6.24. The number of carbonyl (C=O) groups excluding carboxylic acids is 3. The number of phenolic OH excluding ortho intramolecular Hbond substituents is 3. The number of aromatic hydroxyl groups is 3. The Morgan fingerprint density at radius 1 is 0.978 bits per heavy atom. The van der Waals surface area contributed by atoms with Crippen LogP contribution in [0.25, 0.3) is 21.9 Å². The lowest BCUT2D eigenvalue weighted by Gasteiger charge is -2.53. The Hall–Kier alpha value is -4.11. The van der Waals surface area contributed by atoms with Crippen LogP contribution in [0.5, 0.6) is 17.2 Å². The van der Waals surface area contributed by atoms with Crippen molar-refractivity contribution >= 4 is 28.2 Å². The summed E-state index contributed by atoms with van der Waals surface area (Å²) in [6, 6.07) is 9.01. The molecule has 1 amide bonds. The Balaban J connectivity index is 1.49. The molecule has 244 valence electrons. The van der Waals surface area contributed by atoms with E-state index in [4.69, 9.17) is 5.73 Å². The molecule has 2 unspecified atom stereocenters. The van der Waals surface area contributed by atoms with Crippen LogP contribution in [0.4, 0.5) is 0 Å². The number of piperazine rings is 1. The zero-order valence-corrected chi connectivity index (χ0v) is 25.7. The number of Topliss-reactive ketones (excluding diaryl/α,β-unsaturated/α-hetero) is 2. The molecule has 13 heteroatoms. The number of fused-ring (bicyclic) bond motifs is 3. The van der Waals surface area contributed by atoms with Crippen LogP contribution in [0.3, 0.4) is 0 Å². The highest BCUT2D eigenvalue weighted by Crippen LogP contribution is 2.60. The molecule has 3 aliphatic rings. The smallest absolute Gasteiger partial charge is 0.235 e. The van der Waals surface area contributed by atoms with Gasteiger partial charge in [0.15, 0.2) is 23.1 Å². The van der Waals surface area contributed by atoms with Gasteiger partial charge in [-0.15, -0.1) is 0 Å².